The zero-order chi connectivity index (χ0) is 14.2. The van der Waals surface area contributed by atoms with Crippen molar-refractivity contribution in [1.82, 2.24) is 9.88 Å². The van der Waals surface area contributed by atoms with E-state index in [2.05, 4.69) is 22.0 Å². The lowest BCUT2D eigenvalue weighted by atomic mass is 9.86. The normalized spacial score (nSPS) is 27.8. The molecule has 1 unspecified atom stereocenters. The Morgan fingerprint density at radius 3 is 2.95 bits per heavy atom. The number of hydrogen-bond acceptors (Lipinski definition) is 4. The molecule has 4 nitrogen and oxygen atoms in total. The number of hydrogen-bond donors (Lipinski definition) is 1. The van der Waals surface area contributed by atoms with Crippen LogP contribution in [0.4, 0.5) is 0 Å². The standard InChI is InChI=1S/C17H18N2O2/c20-17-15-11-19(9-12-4-3-7-18-8-12)10-14(15)13-5-1-2-6-16(13)21-17/h1-8,14-15,17,20H,9-11H2/t14-,15-,17?/m1/s1. The number of ether oxygens (including phenoxy) is 1. The molecule has 0 radical (unpaired) electrons. The summed E-state index contributed by atoms with van der Waals surface area (Å²) in [6, 6.07) is 12.1. The Hall–Kier alpha value is -1.91. The summed E-state index contributed by atoms with van der Waals surface area (Å²) in [6.45, 7) is 2.68. The minimum atomic E-state index is -0.705. The van der Waals surface area contributed by atoms with E-state index in [1.54, 1.807) is 6.20 Å². The maximum absolute atomic E-state index is 10.2. The number of likely N-dealkylation sites (tertiary alicyclic amines) is 1. The SMILES string of the molecule is OC1Oc2ccccc2[C@H]2CN(Cc3cccnc3)C[C@@H]12. The number of para-hydroxylation sites is 1. The summed E-state index contributed by atoms with van der Waals surface area (Å²) in [4.78, 5) is 6.54. The summed E-state index contributed by atoms with van der Waals surface area (Å²) in [7, 11) is 0. The number of rotatable bonds is 2. The molecule has 2 aliphatic rings. The molecule has 0 aliphatic carbocycles. The van der Waals surface area contributed by atoms with Crippen LogP contribution in [0.2, 0.25) is 0 Å². The molecule has 0 spiro atoms. The first-order chi connectivity index (χ1) is 10.3. The molecular weight excluding hydrogens is 264 g/mol. The van der Waals surface area contributed by atoms with E-state index in [9.17, 15) is 5.11 Å². The summed E-state index contributed by atoms with van der Waals surface area (Å²) in [5, 5.41) is 10.2. The number of fused-ring (bicyclic) bond motifs is 3. The first-order valence-electron chi connectivity index (χ1n) is 7.36. The van der Waals surface area contributed by atoms with Crippen LogP contribution < -0.4 is 4.74 Å². The minimum absolute atomic E-state index is 0.150. The lowest BCUT2D eigenvalue weighted by Gasteiger charge is -2.31. The van der Waals surface area contributed by atoms with Gasteiger partial charge in [-0.2, -0.15) is 0 Å². The molecule has 21 heavy (non-hydrogen) atoms. The van der Waals surface area contributed by atoms with Gasteiger partial charge < -0.3 is 9.84 Å². The highest BCUT2D eigenvalue weighted by atomic mass is 16.6. The molecule has 1 aromatic carbocycles. The van der Waals surface area contributed by atoms with Crippen molar-refractivity contribution in [3.63, 3.8) is 0 Å². The zero-order valence-corrected chi connectivity index (χ0v) is 11.7. The van der Waals surface area contributed by atoms with Crippen LogP contribution in [0.3, 0.4) is 0 Å². The van der Waals surface area contributed by atoms with E-state index >= 15 is 0 Å². The van der Waals surface area contributed by atoms with Gasteiger partial charge in [0, 0.05) is 43.9 Å². The van der Waals surface area contributed by atoms with Crippen LogP contribution in [0.15, 0.2) is 48.8 Å². The fourth-order valence-corrected chi connectivity index (χ4v) is 3.52. The van der Waals surface area contributed by atoms with E-state index in [-0.39, 0.29) is 5.92 Å². The maximum Gasteiger partial charge on any atom is 0.202 e. The molecule has 2 aromatic rings. The highest BCUT2D eigenvalue weighted by molar-refractivity contribution is 5.39. The Balaban J connectivity index is 1.57. The van der Waals surface area contributed by atoms with E-state index in [1.807, 2.05) is 30.5 Å². The largest absolute Gasteiger partial charge is 0.464 e. The third-order valence-electron chi connectivity index (χ3n) is 4.50. The first kappa shape index (κ1) is 12.8. The lowest BCUT2D eigenvalue weighted by molar-refractivity contribution is -0.0739. The Morgan fingerprint density at radius 1 is 1.19 bits per heavy atom. The number of aliphatic hydroxyl groups excluding tert-OH is 1. The molecule has 0 bridgehead atoms. The van der Waals surface area contributed by atoms with Crippen LogP contribution in [0.5, 0.6) is 5.75 Å². The summed E-state index contributed by atoms with van der Waals surface area (Å²) >= 11 is 0. The minimum Gasteiger partial charge on any atom is -0.464 e. The number of aliphatic hydroxyl groups is 1. The van der Waals surface area contributed by atoms with Crippen LogP contribution in [0.1, 0.15) is 17.0 Å². The number of benzene rings is 1. The van der Waals surface area contributed by atoms with Gasteiger partial charge in [-0.3, -0.25) is 9.88 Å². The number of aromatic nitrogens is 1. The highest BCUT2D eigenvalue weighted by Gasteiger charge is 2.43. The summed E-state index contributed by atoms with van der Waals surface area (Å²) in [5.74, 6) is 1.33. The molecule has 1 aromatic heterocycles. The van der Waals surface area contributed by atoms with Crippen molar-refractivity contribution < 1.29 is 9.84 Å². The van der Waals surface area contributed by atoms with Gasteiger partial charge >= 0.3 is 0 Å². The van der Waals surface area contributed by atoms with Gasteiger partial charge in [0.15, 0.2) is 0 Å². The van der Waals surface area contributed by atoms with E-state index in [0.717, 1.165) is 25.4 Å². The predicted molar refractivity (Wildman–Crippen MR) is 78.8 cm³/mol. The van der Waals surface area contributed by atoms with Crippen LogP contribution in [0, 0.1) is 5.92 Å². The summed E-state index contributed by atoms with van der Waals surface area (Å²) in [5.41, 5.74) is 2.43. The molecule has 2 aliphatic heterocycles. The first-order valence-corrected chi connectivity index (χ1v) is 7.36. The fraction of sp³-hybridized carbons (Fsp3) is 0.353. The van der Waals surface area contributed by atoms with Crippen molar-refractivity contribution in [2.45, 2.75) is 18.8 Å². The van der Waals surface area contributed by atoms with Crippen molar-refractivity contribution in [1.29, 1.82) is 0 Å². The van der Waals surface area contributed by atoms with Gasteiger partial charge in [0.1, 0.15) is 5.75 Å². The average molecular weight is 282 g/mol. The monoisotopic (exact) mass is 282 g/mol. The van der Waals surface area contributed by atoms with Crippen molar-refractivity contribution >= 4 is 0 Å². The summed E-state index contributed by atoms with van der Waals surface area (Å²) in [6.07, 6.45) is 2.99. The third-order valence-corrected chi connectivity index (χ3v) is 4.50. The molecule has 0 saturated carbocycles. The molecule has 0 amide bonds. The molecule has 4 heteroatoms. The van der Waals surface area contributed by atoms with Gasteiger partial charge in [-0.1, -0.05) is 24.3 Å². The molecular formula is C17H18N2O2. The van der Waals surface area contributed by atoms with Crippen LogP contribution in [0.25, 0.3) is 0 Å². The molecule has 1 fully saturated rings. The van der Waals surface area contributed by atoms with E-state index in [0.29, 0.717) is 5.92 Å². The maximum atomic E-state index is 10.2. The van der Waals surface area contributed by atoms with E-state index < -0.39 is 6.29 Å². The summed E-state index contributed by atoms with van der Waals surface area (Å²) < 4.78 is 5.66. The lowest BCUT2D eigenvalue weighted by Crippen LogP contribution is -2.35. The van der Waals surface area contributed by atoms with Crippen LogP contribution in [-0.2, 0) is 6.54 Å². The number of nitrogens with zero attached hydrogens (tertiary/aromatic N) is 2. The molecule has 1 saturated heterocycles. The highest BCUT2D eigenvalue weighted by Crippen LogP contribution is 2.43. The third kappa shape index (κ3) is 2.30. The Morgan fingerprint density at radius 2 is 2.10 bits per heavy atom. The van der Waals surface area contributed by atoms with E-state index in [4.69, 9.17) is 4.74 Å². The predicted octanol–water partition coefficient (Wildman–Crippen LogP) is 2.01. The Labute approximate surface area is 124 Å². The quantitative estimate of drug-likeness (QED) is 0.915. The Bertz CT molecular complexity index is 632. The molecule has 108 valence electrons. The van der Waals surface area contributed by atoms with Crippen LogP contribution >= 0.6 is 0 Å². The van der Waals surface area contributed by atoms with Crippen LogP contribution in [-0.4, -0.2) is 34.4 Å². The van der Waals surface area contributed by atoms with Gasteiger partial charge in [0.2, 0.25) is 6.29 Å². The fourth-order valence-electron chi connectivity index (χ4n) is 3.52. The smallest absolute Gasteiger partial charge is 0.202 e. The van der Waals surface area contributed by atoms with Crippen molar-refractivity contribution in [3.05, 3.63) is 59.9 Å². The van der Waals surface area contributed by atoms with Crippen molar-refractivity contribution in [2.24, 2.45) is 5.92 Å². The van der Waals surface area contributed by atoms with Gasteiger partial charge in [-0.05, 0) is 23.3 Å². The second-order valence-corrected chi connectivity index (χ2v) is 5.87. The molecule has 4 rings (SSSR count). The topological polar surface area (TPSA) is 45.6 Å². The number of pyridine rings is 1. The van der Waals surface area contributed by atoms with Gasteiger partial charge in [-0.25, -0.2) is 0 Å². The Kier molecular flexibility index (Phi) is 3.13. The zero-order valence-electron chi connectivity index (χ0n) is 11.7. The molecule has 1 N–H and O–H groups in total. The van der Waals surface area contributed by atoms with Gasteiger partial charge in [0.05, 0.1) is 0 Å². The molecule has 3 heterocycles. The molecule has 3 atom stereocenters. The van der Waals surface area contributed by atoms with Gasteiger partial charge in [-0.15, -0.1) is 0 Å². The van der Waals surface area contributed by atoms with Crippen molar-refractivity contribution in [3.8, 4) is 5.75 Å². The van der Waals surface area contributed by atoms with Gasteiger partial charge in [0.25, 0.3) is 0 Å². The second-order valence-electron chi connectivity index (χ2n) is 5.87. The second kappa shape index (κ2) is 5.13. The van der Waals surface area contributed by atoms with E-state index in [1.165, 1.54) is 11.1 Å². The average Bonchev–Trinajstić information content (AvgIpc) is 2.93. The van der Waals surface area contributed by atoms with Crippen molar-refractivity contribution in [2.75, 3.05) is 13.1 Å².